The molecule has 0 radical (unpaired) electrons. The highest BCUT2D eigenvalue weighted by atomic mass is 16.6. The van der Waals surface area contributed by atoms with E-state index in [9.17, 15) is 14.9 Å². The zero-order valence-electron chi connectivity index (χ0n) is 15.4. The molecule has 1 aromatic carbocycles. The number of hydrazone groups is 1. The van der Waals surface area contributed by atoms with Crippen molar-refractivity contribution in [2.45, 2.75) is 20.3 Å². The molecule has 0 amide bonds. The molecular weight excluding hydrogens is 368 g/mol. The number of carboxylic acid groups (broad SMARTS) is 1. The lowest BCUT2D eigenvalue weighted by Crippen LogP contribution is -2.04. The van der Waals surface area contributed by atoms with Gasteiger partial charge >= 0.3 is 11.7 Å². The van der Waals surface area contributed by atoms with Crippen LogP contribution >= 0.6 is 0 Å². The first-order valence-electron chi connectivity index (χ1n) is 8.52. The SMILES string of the molecule is CCCOc1c(OCC)cc(/C=N/Nc2ccc(C(=O)O)cn2)cc1[N+](=O)[O-]. The van der Waals surface area contributed by atoms with E-state index in [1.807, 2.05) is 6.92 Å². The summed E-state index contributed by atoms with van der Waals surface area (Å²) in [4.78, 5) is 25.6. The Labute approximate surface area is 161 Å². The van der Waals surface area contributed by atoms with Crippen LogP contribution in [0.15, 0.2) is 35.6 Å². The predicted octanol–water partition coefficient (Wildman–Crippen LogP) is 3.32. The van der Waals surface area contributed by atoms with Gasteiger partial charge < -0.3 is 14.6 Å². The number of hydrogen-bond acceptors (Lipinski definition) is 8. The number of nitro benzene ring substituents is 1. The number of anilines is 1. The van der Waals surface area contributed by atoms with Crippen LogP contribution in [0.4, 0.5) is 11.5 Å². The summed E-state index contributed by atoms with van der Waals surface area (Å²) in [5.41, 5.74) is 2.89. The first kappa shape index (κ1) is 20.6. The maximum atomic E-state index is 11.4. The predicted molar refractivity (Wildman–Crippen MR) is 102 cm³/mol. The Bertz CT molecular complexity index is 867. The molecule has 0 saturated heterocycles. The number of nitrogens with one attached hydrogen (secondary N) is 1. The number of hydrogen-bond donors (Lipinski definition) is 2. The van der Waals surface area contributed by atoms with Gasteiger partial charge in [-0.15, -0.1) is 0 Å². The van der Waals surface area contributed by atoms with E-state index < -0.39 is 10.9 Å². The minimum Gasteiger partial charge on any atom is -0.490 e. The Morgan fingerprint density at radius 1 is 1.36 bits per heavy atom. The highest BCUT2D eigenvalue weighted by Gasteiger charge is 2.22. The molecule has 2 aromatic rings. The highest BCUT2D eigenvalue weighted by molar-refractivity contribution is 5.87. The monoisotopic (exact) mass is 388 g/mol. The summed E-state index contributed by atoms with van der Waals surface area (Å²) >= 11 is 0. The van der Waals surface area contributed by atoms with Crippen LogP contribution in [0.25, 0.3) is 0 Å². The van der Waals surface area contributed by atoms with Crippen molar-refractivity contribution in [3.8, 4) is 11.5 Å². The number of pyridine rings is 1. The van der Waals surface area contributed by atoms with Crippen LogP contribution < -0.4 is 14.9 Å². The third-order valence-electron chi connectivity index (χ3n) is 3.41. The number of nitrogens with zero attached hydrogens (tertiary/aromatic N) is 3. The van der Waals surface area contributed by atoms with E-state index in [0.717, 1.165) is 0 Å². The van der Waals surface area contributed by atoms with Crippen LogP contribution in [0.5, 0.6) is 11.5 Å². The van der Waals surface area contributed by atoms with Crippen LogP contribution in [0.1, 0.15) is 36.2 Å². The molecule has 148 valence electrons. The van der Waals surface area contributed by atoms with Gasteiger partial charge in [0.2, 0.25) is 5.75 Å². The highest BCUT2D eigenvalue weighted by Crippen LogP contribution is 2.38. The summed E-state index contributed by atoms with van der Waals surface area (Å²) in [6.45, 7) is 4.31. The first-order valence-corrected chi connectivity index (χ1v) is 8.52. The maximum Gasteiger partial charge on any atom is 0.337 e. The fraction of sp³-hybridized carbons (Fsp3) is 0.278. The van der Waals surface area contributed by atoms with Gasteiger partial charge in [-0.2, -0.15) is 5.10 Å². The maximum absolute atomic E-state index is 11.4. The minimum atomic E-state index is -1.08. The van der Waals surface area contributed by atoms with Crippen molar-refractivity contribution in [2.24, 2.45) is 5.10 Å². The molecule has 0 unspecified atom stereocenters. The molecule has 0 aliphatic heterocycles. The van der Waals surface area contributed by atoms with Gasteiger partial charge in [0.25, 0.3) is 0 Å². The fourth-order valence-electron chi connectivity index (χ4n) is 2.19. The molecule has 0 fully saturated rings. The second-order valence-electron chi connectivity index (χ2n) is 5.51. The number of benzene rings is 1. The Kier molecular flexibility index (Phi) is 7.26. The van der Waals surface area contributed by atoms with E-state index in [4.69, 9.17) is 14.6 Å². The molecule has 10 heteroatoms. The van der Waals surface area contributed by atoms with Gasteiger partial charge in [0.15, 0.2) is 5.75 Å². The third-order valence-corrected chi connectivity index (χ3v) is 3.41. The molecule has 2 N–H and O–H groups in total. The lowest BCUT2D eigenvalue weighted by atomic mass is 10.2. The van der Waals surface area contributed by atoms with Gasteiger partial charge in [-0.1, -0.05) is 6.92 Å². The third kappa shape index (κ3) is 5.40. The number of carbonyl (C=O) groups is 1. The molecule has 28 heavy (non-hydrogen) atoms. The van der Waals surface area contributed by atoms with E-state index in [1.165, 1.54) is 30.6 Å². The van der Waals surface area contributed by atoms with Crippen LogP contribution in [0.3, 0.4) is 0 Å². The number of aromatic carboxylic acids is 1. The van der Waals surface area contributed by atoms with Crippen molar-refractivity contribution in [3.63, 3.8) is 0 Å². The van der Waals surface area contributed by atoms with Crippen LogP contribution in [-0.2, 0) is 0 Å². The average molecular weight is 388 g/mol. The second kappa shape index (κ2) is 9.86. The van der Waals surface area contributed by atoms with Gasteiger partial charge in [0.1, 0.15) is 5.82 Å². The molecule has 0 aliphatic carbocycles. The van der Waals surface area contributed by atoms with Crippen molar-refractivity contribution in [3.05, 3.63) is 51.7 Å². The largest absolute Gasteiger partial charge is 0.490 e. The van der Waals surface area contributed by atoms with Crippen LogP contribution in [0.2, 0.25) is 0 Å². The Morgan fingerprint density at radius 3 is 2.71 bits per heavy atom. The molecular formula is C18H20N4O6. The Balaban J connectivity index is 2.25. The molecule has 0 spiro atoms. The number of nitro groups is 1. The average Bonchev–Trinajstić information content (AvgIpc) is 2.67. The van der Waals surface area contributed by atoms with Crippen LogP contribution in [0, 0.1) is 10.1 Å². The van der Waals surface area contributed by atoms with Crippen molar-refractivity contribution in [1.82, 2.24) is 4.98 Å². The first-order chi connectivity index (χ1) is 13.5. The van der Waals surface area contributed by atoms with Gasteiger partial charge in [0.05, 0.1) is 29.9 Å². The zero-order chi connectivity index (χ0) is 20.5. The molecule has 0 saturated carbocycles. The Hall–Kier alpha value is -3.69. The quantitative estimate of drug-likeness (QED) is 0.359. The van der Waals surface area contributed by atoms with Crippen molar-refractivity contribution >= 4 is 23.7 Å². The number of aromatic nitrogens is 1. The van der Waals surface area contributed by atoms with Gasteiger partial charge in [-0.05, 0) is 31.5 Å². The van der Waals surface area contributed by atoms with Crippen molar-refractivity contribution < 1.29 is 24.3 Å². The minimum absolute atomic E-state index is 0.0502. The summed E-state index contributed by atoms with van der Waals surface area (Å²) in [5.74, 6) is -0.410. The van der Waals surface area contributed by atoms with E-state index >= 15 is 0 Å². The number of rotatable bonds is 10. The summed E-state index contributed by atoms with van der Waals surface area (Å²) in [7, 11) is 0. The lowest BCUT2D eigenvalue weighted by molar-refractivity contribution is -0.386. The molecule has 0 bridgehead atoms. The van der Waals surface area contributed by atoms with Crippen molar-refractivity contribution in [1.29, 1.82) is 0 Å². The summed E-state index contributed by atoms with van der Waals surface area (Å²) in [6.07, 6.45) is 3.26. The topological polar surface area (TPSA) is 136 Å². The Morgan fingerprint density at radius 2 is 2.14 bits per heavy atom. The summed E-state index contributed by atoms with van der Waals surface area (Å²) in [6, 6.07) is 5.76. The summed E-state index contributed by atoms with van der Waals surface area (Å²) < 4.78 is 11.0. The fourth-order valence-corrected chi connectivity index (χ4v) is 2.19. The van der Waals surface area contributed by atoms with Gasteiger partial charge in [-0.25, -0.2) is 9.78 Å². The molecule has 0 atom stereocenters. The number of carboxylic acids is 1. The zero-order valence-corrected chi connectivity index (χ0v) is 15.4. The molecule has 2 rings (SSSR count). The van der Waals surface area contributed by atoms with Crippen LogP contribution in [-0.4, -0.2) is 40.4 Å². The van der Waals surface area contributed by atoms with E-state index in [2.05, 4.69) is 15.5 Å². The van der Waals surface area contributed by atoms with E-state index in [1.54, 1.807) is 13.0 Å². The van der Waals surface area contributed by atoms with Gasteiger partial charge in [-0.3, -0.25) is 15.5 Å². The van der Waals surface area contributed by atoms with E-state index in [-0.39, 0.29) is 22.7 Å². The van der Waals surface area contributed by atoms with Gasteiger partial charge in [0, 0.05) is 17.8 Å². The standard InChI is InChI=1S/C18H20N4O6/c1-3-7-28-17-14(22(25)26)8-12(9-15(17)27-4-2)10-20-21-16-6-5-13(11-19-16)18(23)24/h5-6,8-11H,3-4,7H2,1-2H3,(H,19,21)(H,23,24)/b20-10+. The smallest absolute Gasteiger partial charge is 0.337 e. The normalized spacial score (nSPS) is 10.6. The number of ether oxygens (including phenoxy) is 2. The molecule has 1 heterocycles. The van der Waals surface area contributed by atoms with Crippen molar-refractivity contribution in [2.75, 3.05) is 18.6 Å². The molecule has 1 aromatic heterocycles. The second-order valence-corrected chi connectivity index (χ2v) is 5.51. The molecule has 0 aliphatic rings. The van der Waals surface area contributed by atoms with E-state index in [0.29, 0.717) is 31.0 Å². The molecule has 10 nitrogen and oxygen atoms in total. The summed E-state index contributed by atoms with van der Waals surface area (Å²) in [5, 5.41) is 24.3. The lowest BCUT2D eigenvalue weighted by Gasteiger charge is -2.12.